The van der Waals surface area contributed by atoms with Gasteiger partial charge in [0.15, 0.2) is 0 Å². The number of carbonyl (C=O) groups excluding carboxylic acids is 2. The number of piperidine rings is 1. The van der Waals surface area contributed by atoms with Gasteiger partial charge >= 0.3 is 11.8 Å². The summed E-state index contributed by atoms with van der Waals surface area (Å²) < 4.78 is 11.2. The summed E-state index contributed by atoms with van der Waals surface area (Å²) in [5.74, 6) is -0.516. The third-order valence-electron chi connectivity index (χ3n) is 5.13. The SMILES string of the molecule is Cn1c(C(=O)NCCC2CCN(C(=O)OCc3cc(Cl)cc(Cl)c3)CC2)coc1=O. The lowest BCUT2D eigenvalue weighted by Crippen LogP contribution is -2.39. The number of hydrogen-bond acceptors (Lipinski definition) is 5. The van der Waals surface area contributed by atoms with Crippen LogP contribution in [-0.2, 0) is 18.4 Å². The van der Waals surface area contributed by atoms with E-state index in [-0.39, 0.29) is 24.3 Å². The number of amides is 2. The molecule has 0 spiro atoms. The van der Waals surface area contributed by atoms with E-state index in [1.54, 1.807) is 23.1 Å². The lowest BCUT2D eigenvalue weighted by molar-refractivity contribution is 0.0813. The fourth-order valence-corrected chi connectivity index (χ4v) is 3.95. The van der Waals surface area contributed by atoms with Gasteiger partial charge in [0, 0.05) is 36.7 Å². The number of likely N-dealkylation sites (tertiary alicyclic amines) is 1. The van der Waals surface area contributed by atoms with Crippen molar-refractivity contribution in [3.63, 3.8) is 0 Å². The summed E-state index contributed by atoms with van der Waals surface area (Å²) in [6.07, 6.45) is 3.25. The van der Waals surface area contributed by atoms with Crippen LogP contribution in [0.25, 0.3) is 0 Å². The van der Waals surface area contributed by atoms with Crippen molar-refractivity contribution >= 4 is 35.2 Å². The predicted molar refractivity (Wildman–Crippen MR) is 112 cm³/mol. The molecule has 1 aromatic carbocycles. The van der Waals surface area contributed by atoms with E-state index >= 15 is 0 Å². The molecular formula is C20H23Cl2N3O5. The highest BCUT2D eigenvalue weighted by Gasteiger charge is 2.24. The first-order valence-electron chi connectivity index (χ1n) is 9.63. The number of hydrogen-bond donors (Lipinski definition) is 1. The normalized spacial score (nSPS) is 14.6. The smallest absolute Gasteiger partial charge is 0.419 e. The Balaban J connectivity index is 1.37. The van der Waals surface area contributed by atoms with Gasteiger partial charge in [-0.2, -0.15) is 0 Å². The number of aromatic nitrogens is 1. The van der Waals surface area contributed by atoms with Crippen molar-refractivity contribution in [1.82, 2.24) is 14.8 Å². The van der Waals surface area contributed by atoms with Crippen LogP contribution in [0.15, 0.2) is 33.7 Å². The zero-order valence-corrected chi connectivity index (χ0v) is 18.0. The molecule has 0 bridgehead atoms. The molecule has 1 aromatic heterocycles. The number of oxazole rings is 1. The number of nitrogens with zero attached hydrogens (tertiary/aromatic N) is 2. The van der Waals surface area contributed by atoms with Crippen molar-refractivity contribution in [2.24, 2.45) is 13.0 Å². The minimum absolute atomic E-state index is 0.113. The molecule has 1 aliphatic heterocycles. The Morgan fingerprint density at radius 1 is 1.20 bits per heavy atom. The van der Waals surface area contributed by atoms with Crippen LogP contribution in [0.5, 0.6) is 0 Å². The van der Waals surface area contributed by atoms with Crippen LogP contribution < -0.4 is 11.1 Å². The van der Waals surface area contributed by atoms with Crippen LogP contribution in [0.1, 0.15) is 35.3 Å². The van der Waals surface area contributed by atoms with Gasteiger partial charge in [0.2, 0.25) is 0 Å². The Bertz CT molecular complexity index is 943. The van der Waals surface area contributed by atoms with Gasteiger partial charge in [-0.15, -0.1) is 0 Å². The Kier molecular flexibility index (Phi) is 7.44. The van der Waals surface area contributed by atoms with Crippen LogP contribution in [-0.4, -0.2) is 41.1 Å². The highest BCUT2D eigenvalue weighted by Crippen LogP contribution is 2.22. The maximum absolute atomic E-state index is 12.3. The summed E-state index contributed by atoms with van der Waals surface area (Å²) in [4.78, 5) is 37.3. The molecule has 0 atom stereocenters. The Morgan fingerprint density at radius 2 is 1.87 bits per heavy atom. The minimum Gasteiger partial charge on any atom is -0.445 e. The van der Waals surface area contributed by atoms with E-state index in [0.717, 1.165) is 35.7 Å². The topological polar surface area (TPSA) is 93.8 Å². The lowest BCUT2D eigenvalue weighted by atomic mass is 9.94. The van der Waals surface area contributed by atoms with Crippen LogP contribution in [0.3, 0.4) is 0 Å². The summed E-state index contributed by atoms with van der Waals surface area (Å²) in [5.41, 5.74) is 0.931. The first-order chi connectivity index (χ1) is 14.3. The molecule has 2 amide bonds. The van der Waals surface area contributed by atoms with Gasteiger partial charge in [0.05, 0.1) is 0 Å². The van der Waals surface area contributed by atoms with Crippen LogP contribution in [0, 0.1) is 5.92 Å². The predicted octanol–water partition coefficient (Wildman–Crippen LogP) is 3.45. The van der Waals surface area contributed by atoms with Gasteiger partial charge < -0.3 is 19.4 Å². The summed E-state index contributed by atoms with van der Waals surface area (Å²) in [6, 6.07) is 5.04. The Hall–Kier alpha value is -2.45. The second-order valence-electron chi connectivity index (χ2n) is 7.25. The number of rotatable bonds is 6. The molecule has 8 nitrogen and oxygen atoms in total. The zero-order valence-electron chi connectivity index (χ0n) is 16.5. The number of halogens is 2. The molecule has 30 heavy (non-hydrogen) atoms. The van der Waals surface area contributed by atoms with Crippen molar-refractivity contribution in [2.75, 3.05) is 19.6 Å². The number of ether oxygens (including phenoxy) is 1. The molecule has 1 aliphatic rings. The number of benzene rings is 1. The maximum Gasteiger partial charge on any atom is 0.419 e. The van der Waals surface area contributed by atoms with Crippen LogP contribution >= 0.6 is 23.2 Å². The van der Waals surface area contributed by atoms with E-state index < -0.39 is 5.76 Å². The molecule has 2 heterocycles. The van der Waals surface area contributed by atoms with Gasteiger partial charge in [0.1, 0.15) is 18.6 Å². The quantitative estimate of drug-likeness (QED) is 0.719. The van der Waals surface area contributed by atoms with Crippen molar-refractivity contribution < 1.29 is 18.7 Å². The number of nitrogens with one attached hydrogen (secondary N) is 1. The van der Waals surface area contributed by atoms with E-state index in [4.69, 9.17) is 32.4 Å². The Morgan fingerprint density at radius 3 is 2.47 bits per heavy atom. The molecule has 1 N–H and O–H groups in total. The third kappa shape index (κ3) is 5.79. The van der Waals surface area contributed by atoms with Gasteiger partial charge in [-0.3, -0.25) is 9.36 Å². The standard InChI is InChI=1S/C20H23Cl2N3O5/c1-24-17(12-30-19(24)27)18(26)23-5-2-13-3-6-25(7-4-13)20(28)29-11-14-8-15(21)10-16(22)9-14/h8-10,12-13H,2-7,11H2,1H3,(H,23,26). The van der Waals surface area contributed by atoms with Gasteiger partial charge in [0.25, 0.3) is 5.91 Å². The highest BCUT2D eigenvalue weighted by atomic mass is 35.5. The zero-order chi connectivity index (χ0) is 21.7. The fraction of sp³-hybridized carbons (Fsp3) is 0.450. The average molecular weight is 456 g/mol. The molecule has 0 aliphatic carbocycles. The van der Waals surface area contributed by atoms with Crippen LogP contribution in [0.4, 0.5) is 4.79 Å². The average Bonchev–Trinajstić information content (AvgIpc) is 3.04. The molecule has 0 saturated carbocycles. The molecule has 0 radical (unpaired) electrons. The second kappa shape index (κ2) is 10.0. The first-order valence-corrected chi connectivity index (χ1v) is 10.4. The summed E-state index contributed by atoms with van der Waals surface area (Å²) >= 11 is 11.9. The molecule has 10 heteroatoms. The van der Waals surface area contributed by atoms with Crippen molar-refractivity contribution in [1.29, 1.82) is 0 Å². The van der Waals surface area contributed by atoms with Gasteiger partial charge in [-0.05, 0) is 48.9 Å². The van der Waals surface area contributed by atoms with E-state index in [1.165, 1.54) is 7.05 Å². The van der Waals surface area contributed by atoms with Crippen molar-refractivity contribution in [3.8, 4) is 0 Å². The highest BCUT2D eigenvalue weighted by molar-refractivity contribution is 6.34. The fourth-order valence-electron chi connectivity index (χ4n) is 3.38. The van der Waals surface area contributed by atoms with E-state index in [1.807, 2.05) is 0 Å². The second-order valence-corrected chi connectivity index (χ2v) is 8.13. The lowest BCUT2D eigenvalue weighted by Gasteiger charge is -2.31. The minimum atomic E-state index is -0.571. The maximum atomic E-state index is 12.3. The van der Waals surface area contributed by atoms with E-state index in [0.29, 0.717) is 35.6 Å². The van der Waals surface area contributed by atoms with Gasteiger partial charge in [-0.1, -0.05) is 23.2 Å². The largest absolute Gasteiger partial charge is 0.445 e. The molecule has 2 aromatic rings. The van der Waals surface area contributed by atoms with Crippen LogP contribution in [0.2, 0.25) is 10.0 Å². The van der Waals surface area contributed by atoms with Crippen molar-refractivity contribution in [2.45, 2.75) is 25.9 Å². The Labute approximate surface area is 183 Å². The molecule has 0 unspecified atom stereocenters. The number of carbonyl (C=O) groups is 2. The van der Waals surface area contributed by atoms with E-state index in [9.17, 15) is 14.4 Å². The summed E-state index contributed by atoms with van der Waals surface area (Å²) in [7, 11) is 1.48. The molecule has 1 fully saturated rings. The third-order valence-corrected chi connectivity index (χ3v) is 5.57. The molecule has 3 rings (SSSR count). The summed E-state index contributed by atoms with van der Waals surface area (Å²) in [6.45, 7) is 1.80. The first kappa shape index (κ1) is 22.2. The van der Waals surface area contributed by atoms with Gasteiger partial charge in [-0.25, -0.2) is 9.59 Å². The molecule has 162 valence electrons. The molecular weight excluding hydrogens is 433 g/mol. The summed E-state index contributed by atoms with van der Waals surface area (Å²) in [5, 5.41) is 3.79. The van der Waals surface area contributed by atoms with Crippen molar-refractivity contribution in [3.05, 3.63) is 56.3 Å². The van der Waals surface area contributed by atoms with E-state index in [2.05, 4.69) is 5.32 Å². The molecule has 1 saturated heterocycles. The monoisotopic (exact) mass is 455 g/mol.